The number of nitrogens with two attached hydrogens (primary N) is 1. The number of carbonyl (C=O) groups excluding carboxylic acids is 1. The fraction of sp³-hybridized carbons (Fsp3) is 0.947. The van der Waals surface area contributed by atoms with Gasteiger partial charge in [-0.25, -0.2) is 4.79 Å². The summed E-state index contributed by atoms with van der Waals surface area (Å²) >= 11 is 0. The van der Waals surface area contributed by atoms with E-state index in [0.29, 0.717) is 12.0 Å². The third-order valence-corrected chi connectivity index (χ3v) is 5.12. The highest BCUT2D eigenvalue weighted by Gasteiger charge is 2.26. The van der Waals surface area contributed by atoms with E-state index in [-0.39, 0.29) is 6.09 Å². The molecule has 2 heterocycles. The van der Waals surface area contributed by atoms with Gasteiger partial charge in [0, 0.05) is 32.3 Å². The van der Waals surface area contributed by atoms with E-state index in [2.05, 4.69) is 4.90 Å². The van der Waals surface area contributed by atoms with Gasteiger partial charge in [-0.2, -0.15) is 0 Å². The third kappa shape index (κ3) is 7.92. The quantitative estimate of drug-likeness (QED) is 0.741. The molecule has 2 N–H and O–H groups in total. The summed E-state index contributed by atoms with van der Waals surface area (Å²) in [6.45, 7) is 12.2. The van der Waals surface area contributed by atoms with Crippen molar-refractivity contribution in [3.8, 4) is 0 Å². The van der Waals surface area contributed by atoms with Crippen LogP contribution in [0.5, 0.6) is 0 Å². The molecule has 2 rings (SSSR count). The van der Waals surface area contributed by atoms with Gasteiger partial charge in [-0.3, -0.25) is 0 Å². The second kappa shape index (κ2) is 9.74. The number of hydrogen-bond acceptors (Lipinski definition) is 5. The Balaban J connectivity index is 1.50. The summed E-state index contributed by atoms with van der Waals surface area (Å²) in [6.07, 6.45) is 5.22. The minimum Gasteiger partial charge on any atom is -0.444 e. The summed E-state index contributed by atoms with van der Waals surface area (Å²) < 4.78 is 11.3. The van der Waals surface area contributed by atoms with Crippen LogP contribution in [0.15, 0.2) is 0 Å². The maximum atomic E-state index is 12.1. The van der Waals surface area contributed by atoms with E-state index < -0.39 is 5.60 Å². The summed E-state index contributed by atoms with van der Waals surface area (Å²) in [5.41, 5.74) is 5.51. The van der Waals surface area contributed by atoms with Gasteiger partial charge in [-0.1, -0.05) is 0 Å². The molecule has 0 aromatic carbocycles. The molecule has 2 saturated heterocycles. The van der Waals surface area contributed by atoms with Crippen LogP contribution in [0.2, 0.25) is 0 Å². The number of amides is 1. The second-order valence-corrected chi connectivity index (χ2v) is 8.49. The van der Waals surface area contributed by atoms with E-state index in [9.17, 15) is 4.79 Å². The van der Waals surface area contributed by atoms with Crippen molar-refractivity contribution in [1.29, 1.82) is 0 Å². The van der Waals surface area contributed by atoms with Crippen molar-refractivity contribution in [2.24, 2.45) is 11.7 Å². The molecule has 0 atom stereocenters. The van der Waals surface area contributed by atoms with Crippen molar-refractivity contribution in [2.75, 3.05) is 45.9 Å². The van der Waals surface area contributed by atoms with E-state index >= 15 is 0 Å². The standard InChI is InChI=1S/C19H37N3O3/c1-19(2,3)25-18(23)22-11-4-16(5-12-22)8-14-24-15-13-21-9-6-17(20)7-10-21/h16-17H,4-15,20H2,1-3H3. The highest BCUT2D eigenvalue weighted by atomic mass is 16.6. The van der Waals surface area contributed by atoms with Gasteiger partial charge in [0.05, 0.1) is 6.61 Å². The van der Waals surface area contributed by atoms with Gasteiger partial charge >= 0.3 is 6.09 Å². The van der Waals surface area contributed by atoms with Gasteiger partial charge in [0.2, 0.25) is 0 Å². The van der Waals surface area contributed by atoms with Crippen LogP contribution >= 0.6 is 0 Å². The Kier molecular flexibility index (Phi) is 7.97. The van der Waals surface area contributed by atoms with Gasteiger partial charge in [-0.15, -0.1) is 0 Å². The molecule has 6 nitrogen and oxygen atoms in total. The summed E-state index contributed by atoms with van der Waals surface area (Å²) in [5.74, 6) is 0.659. The first-order valence-corrected chi connectivity index (χ1v) is 9.87. The molecule has 146 valence electrons. The summed E-state index contributed by atoms with van der Waals surface area (Å²) in [5, 5.41) is 0. The Hall–Kier alpha value is -0.850. The fourth-order valence-electron chi connectivity index (χ4n) is 3.45. The molecule has 25 heavy (non-hydrogen) atoms. The maximum Gasteiger partial charge on any atom is 0.410 e. The zero-order valence-electron chi connectivity index (χ0n) is 16.3. The van der Waals surface area contributed by atoms with Crippen LogP contribution in [0.25, 0.3) is 0 Å². The minimum atomic E-state index is -0.415. The van der Waals surface area contributed by atoms with Crippen molar-refractivity contribution in [2.45, 2.75) is 64.5 Å². The van der Waals surface area contributed by atoms with Crippen molar-refractivity contribution < 1.29 is 14.3 Å². The molecule has 0 spiro atoms. The minimum absolute atomic E-state index is 0.177. The lowest BCUT2D eigenvalue weighted by molar-refractivity contribution is 0.0164. The third-order valence-electron chi connectivity index (χ3n) is 5.12. The summed E-state index contributed by atoms with van der Waals surface area (Å²) in [7, 11) is 0. The molecule has 2 aliphatic rings. The second-order valence-electron chi connectivity index (χ2n) is 8.49. The lowest BCUT2D eigenvalue weighted by Gasteiger charge is -2.33. The van der Waals surface area contributed by atoms with E-state index in [1.165, 1.54) is 0 Å². The van der Waals surface area contributed by atoms with Gasteiger partial charge < -0.3 is 25.0 Å². The zero-order chi connectivity index (χ0) is 18.3. The van der Waals surface area contributed by atoms with E-state index in [1.54, 1.807) is 0 Å². The Morgan fingerprint density at radius 3 is 2.28 bits per heavy atom. The lowest BCUT2D eigenvalue weighted by atomic mass is 9.94. The fourth-order valence-corrected chi connectivity index (χ4v) is 3.45. The first kappa shape index (κ1) is 20.5. The SMILES string of the molecule is CC(C)(C)OC(=O)N1CCC(CCOCCN2CCC(N)CC2)CC1. The van der Waals surface area contributed by atoms with E-state index in [0.717, 1.165) is 78.0 Å². The molecular formula is C19H37N3O3. The van der Waals surface area contributed by atoms with Gasteiger partial charge in [0.25, 0.3) is 0 Å². The van der Waals surface area contributed by atoms with Crippen LogP contribution in [0.4, 0.5) is 4.79 Å². The topological polar surface area (TPSA) is 68.0 Å². The van der Waals surface area contributed by atoms with E-state index in [4.69, 9.17) is 15.2 Å². The Morgan fingerprint density at radius 2 is 1.68 bits per heavy atom. The largest absolute Gasteiger partial charge is 0.444 e. The predicted molar refractivity (Wildman–Crippen MR) is 99.6 cm³/mol. The molecule has 0 aliphatic carbocycles. The number of nitrogens with zero attached hydrogens (tertiary/aromatic N) is 2. The van der Waals surface area contributed by atoms with Crippen LogP contribution in [0.3, 0.4) is 0 Å². The number of hydrogen-bond donors (Lipinski definition) is 1. The van der Waals surface area contributed by atoms with Gasteiger partial charge in [-0.05, 0) is 71.9 Å². The average molecular weight is 356 g/mol. The van der Waals surface area contributed by atoms with E-state index in [1.807, 2.05) is 25.7 Å². The molecule has 0 bridgehead atoms. The van der Waals surface area contributed by atoms with Crippen molar-refractivity contribution in [3.63, 3.8) is 0 Å². The Bertz CT molecular complexity index is 395. The van der Waals surface area contributed by atoms with Crippen molar-refractivity contribution in [1.82, 2.24) is 9.80 Å². The lowest BCUT2D eigenvalue weighted by Crippen LogP contribution is -2.42. The Labute approximate surface area is 153 Å². The van der Waals surface area contributed by atoms with Crippen molar-refractivity contribution >= 4 is 6.09 Å². The Morgan fingerprint density at radius 1 is 1.04 bits per heavy atom. The highest BCUT2D eigenvalue weighted by Crippen LogP contribution is 2.22. The molecule has 1 amide bonds. The van der Waals surface area contributed by atoms with Crippen LogP contribution in [0, 0.1) is 5.92 Å². The molecule has 2 aliphatic heterocycles. The summed E-state index contributed by atoms with van der Waals surface area (Å²) in [6, 6.07) is 0.392. The van der Waals surface area contributed by atoms with Crippen LogP contribution in [-0.4, -0.2) is 73.5 Å². The number of carbonyl (C=O) groups is 1. The van der Waals surface area contributed by atoms with Crippen molar-refractivity contribution in [3.05, 3.63) is 0 Å². The number of rotatable bonds is 6. The summed E-state index contributed by atoms with van der Waals surface area (Å²) in [4.78, 5) is 16.3. The maximum absolute atomic E-state index is 12.1. The van der Waals surface area contributed by atoms with Gasteiger partial charge in [0.1, 0.15) is 5.60 Å². The smallest absolute Gasteiger partial charge is 0.410 e. The molecule has 0 aromatic rings. The molecule has 0 aromatic heterocycles. The van der Waals surface area contributed by atoms with Crippen LogP contribution < -0.4 is 5.73 Å². The molecule has 0 saturated carbocycles. The molecule has 0 unspecified atom stereocenters. The number of piperidine rings is 2. The molecule has 2 fully saturated rings. The van der Waals surface area contributed by atoms with Crippen LogP contribution in [0.1, 0.15) is 52.9 Å². The monoisotopic (exact) mass is 355 g/mol. The predicted octanol–water partition coefficient (Wildman–Crippen LogP) is 2.46. The average Bonchev–Trinajstić information content (AvgIpc) is 2.55. The molecular weight excluding hydrogens is 318 g/mol. The zero-order valence-corrected chi connectivity index (χ0v) is 16.3. The van der Waals surface area contributed by atoms with Gasteiger partial charge in [0.15, 0.2) is 0 Å². The van der Waals surface area contributed by atoms with Crippen LogP contribution in [-0.2, 0) is 9.47 Å². The number of ether oxygens (including phenoxy) is 2. The normalized spacial score (nSPS) is 21.5. The highest BCUT2D eigenvalue weighted by molar-refractivity contribution is 5.68. The first-order chi connectivity index (χ1) is 11.8. The molecule has 0 radical (unpaired) electrons. The first-order valence-electron chi connectivity index (χ1n) is 9.87. The number of likely N-dealkylation sites (tertiary alicyclic amines) is 2. The molecule has 6 heteroatoms.